The lowest BCUT2D eigenvalue weighted by Crippen LogP contribution is -1.64. The summed E-state index contributed by atoms with van der Waals surface area (Å²) in [6.45, 7) is 3.35. The smallest absolute Gasteiger partial charge is 0.0401 e. The molecule has 0 heterocycles. The minimum Gasteiger partial charge on any atom is -0.122 e. The highest BCUT2D eigenvalue weighted by molar-refractivity contribution is 6.27. The van der Waals surface area contributed by atoms with E-state index >= 15 is 0 Å². The van der Waals surface area contributed by atoms with Crippen LogP contribution in [0.4, 0.5) is 0 Å². The molecule has 1 rings (SSSR count). The Bertz CT molecular complexity index is 240. The van der Waals surface area contributed by atoms with Crippen LogP contribution in [0.3, 0.4) is 0 Å². The van der Waals surface area contributed by atoms with Gasteiger partial charge in [0.2, 0.25) is 0 Å². The van der Waals surface area contributed by atoms with Crippen molar-refractivity contribution in [2.24, 2.45) is 0 Å². The molecule has 0 amide bonds. The second-order valence-corrected chi connectivity index (χ2v) is 2.71. The van der Waals surface area contributed by atoms with Crippen LogP contribution in [0.25, 0.3) is 6.08 Å². The number of rotatable bonds is 2. The van der Waals surface area contributed by atoms with E-state index in [9.17, 15) is 0 Å². The zero-order valence-electron chi connectivity index (χ0n) is 7.29. The van der Waals surface area contributed by atoms with Gasteiger partial charge in [-0.15, -0.1) is 18.2 Å². The highest BCUT2D eigenvalue weighted by Gasteiger charge is 1.78. The maximum absolute atomic E-state index is 5.36. The van der Waals surface area contributed by atoms with E-state index in [2.05, 4.69) is 6.58 Å². The summed E-state index contributed by atoms with van der Waals surface area (Å²) in [6, 6.07) is 9.93. The fourth-order valence-electron chi connectivity index (χ4n) is 0.637. The Kier molecular flexibility index (Phi) is 8.85. The van der Waals surface area contributed by atoms with Gasteiger partial charge in [-0.2, -0.15) is 0 Å². The first-order chi connectivity index (χ1) is 6.35. The molecular weight excluding hydrogens is 203 g/mol. The summed E-state index contributed by atoms with van der Waals surface area (Å²) < 4.78 is 0. The van der Waals surface area contributed by atoms with Crippen molar-refractivity contribution in [1.29, 1.82) is 0 Å². The molecule has 0 aliphatic carbocycles. The third-order valence-corrected chi connectivity index (χ3v) is 1.51. The zero-order valence-corrected chi connectivity index (χ0v) is 8.80. The van der Waals surface area contributed by atoms with Gasteiger partial charge in [0.1, 0.15) is 0 Å². The molecule has 70 valence electrons. The predicted octanol–water partition coefficient (Wildman–Crippen LogP) is 4.31. The van der Waals surface area contributed by atoms with Crippen molar-refractivity contribution >= 4 is 29.3 Å². The van der Waals surface area contributed by atoms with Crippen molar-refractivity contribution in [3.05, 3.63) is 54.1 Å². The van der Waals surface area contributed by atoms with Crippen LogP contribution in [0.1, 0.15) is 5.56 Å². The SMILES string of the molecule is C=CCCl.ClC=Cc1ccccc1. The van der Waals surface area contributed by atoms with Gasteiger partial charge in [0.05, 0.1) is 0 Å². The van der Waals surface area contributed by atoms with E-state index in [1.54, 1.807) is 6.08 Å². The molecule has 2 heteroatoms. The van der Waals surface area contributed by atoms with Crippen molar-refractivity contribution < 1.29 is 0 Å². The van der Waals surface area contributed by atoms with Crippen molar-refractivity contribution in [2.45, 2.75) is 0 Å². The van der Waals surface area contributed by atoms with Gasteiger partial charge in [0.15, 0.2) is 0 Å². The largest absolute Gasteiger partial charge is 0.122 e. The summed E-state index contributed by atoms with van der Waals surface area (Å²) in [5.41, 5.74) is 2.64. The molecule has 0 aliphatic heterocycles. The van der Waals surface area contributed by atoms with Crippen LogP contribution < -0.4 is 0 Å². The topological polar surface area (TPSA) is 0 Å². The lowest BCUT2D eigenvalue weighted by atomic mass is 10.2. The second-order valence-electron chi connectivity index (χ2n) is 2.15. The summed E-state index contributed by atoms with van der Waals surface area (Å²) in [4.78, 5) is 0. The van der Waals surface area contributed by atoms with Crippen LogP contribution in [0.5, 0.6) is 0 Å². The van der Waals surface area contributed by atoms with E-state index < -0.39 is 0 Å². The van der Waals surface area contributed by atoms with Gasteiger partial charge in [-0.1, -0.05) is 48.0 Å². The molecule has 0 spiro atoms. The Hall–Kier alpha value is -0.720. The first-order valence-electron chi connectivity index (χ1n) is 3.83. The van der Waals surface area contributed by atoms with E-state index in [1.807, 2.05) is 36.4 Å². The minimum absolute atomic E-state index is 0.556. The minimum atomic E-state index is 0.556. The second kappa shape index (κ2) is 9.37. The van der Waals surface area contributed by atoms with Crippen LogP contribution in [0, 0.1) is 0 Å². The standard InChI is InChI=1S/C8H7Cl.C3H5Cl/c9-7-6-8-4-2-1-3-5-8;1-2-3-4/h1-7H;2H,1,3H2. The molecule has 1 aromatic carbocycles. The van der Waals surface area contributed by atoms with Crippen LogP contribution in [0.15, 0.2) is 48.5 Å². The molecule has 0 radical (unpaired) electrons. The maximum atomic E-state index is 5.36. The van der Waals surface area contributed by atoms with E-state index in [1.165, 1.54) is 5.54 Å². The normalized spacial score (nSPS) is 9.08. The Morgan fingerprint density at radius 2 is 1.77 bits per heavy atom. The molecule has 0 aliphatic rings. The lowest BCUT2D eigenvalue weighted by molar-refractivity contribution is 1.66. The quantitative estimate of drug-likeness (QED) is 0.509. The van der Waals surface area contributed by atoms with Gasteiger partial charge in [-0.05, 0) is 11.6 Å². The Morgan fingerprint density at radius 3 is 2.15 bits per heavy atom. The molecule has 13 heavy (non-hydrogen) atoms. The molecular formula is C11H12Cl2. The Labute approximate surface area is 89.5 Å². The van der Waals surface area contributed by atoms with Crippen molar-refractivity contribution in [2.75, 3.05) is 5.88 Å². The predicted molar refractivity (Wildman–Crippen MR) is 62.2 cm³/mol. The molecule has 0 bridgehead atoms. The third kappa shape index (κ3) is 7.63. The number of alkyl halides is 1. The number of halogens is 2. The van der Waals surface area contributed by atoms with Crippen LogP contribution in [-0.2, 0) is 0 Å². The van der Waals surface area contributed by atoms with E-state index in [0.29, 0.717) is 5.88 Å². The van der Waals surface area contributed by atoms with E-state index in [0.717, 1.165) is 5.56 Å². The first-order valence-corrected chi connectivity index (χ1v) is 4.81. The monoisotopic (exact) mass is 214 g/mol. The summed E-state index contributed by atoms with van der Waals surface area (Å²) in [5.74, 6) is 0.556. The van der Waals surface area contributed by atoms with Crippen molar-refractivity contribution in [3.63, 3.8) is 0 Å². The molecule has 0 fully saturated rings. The van der Waals surface area contributed by atoms with Crippen LogP contribution in [-0.4, -0.2) is 5.88 Å². The third-order valence-electron chi connectivity index (χ3n) is 1.16. The molecule has 0 N–H and O–H groups in total. The molecule has 0 unspecified atom stereocenters. The van der Waals surface area contributed by atoms with Gasteiger partial charge >= 0.3 is 0 Å². The highest BCUT2D eigenvalue weighted by atomic mass is 35.5. The van der Waals surface area contributed by atoms with Gasteiger partial charge in [-0.25, -0.2) is 0 Å². The molecule has 0 saturated carbocycles. The van der Waals surface area contributed by atoms with Gasteiger partial charge in [-0.3, -0.25) is 0 Å². The maximum Gasteiger partial charge on any atom is 0.0401 e. The van der Waals surface area contributed by atoms with Gasteiger partial charge < -0.3 is 0 Å². The first kappa shape index (κ1) is 12.3. The zero-order chi connectivity index (χ0) is 9.94. The Balaban J connectivity index is 0.000000310. The van der Waals surface area contributed by atoms with Gasteiger partial charge in [0, 0.05) is 11.4 Å². The molecule has 0 nitrogen and oxygen atoms in total. The van der Waals surface area contributed by atoms with E-state index in [-0.39, 0.29) is 0 Å². The summed E-state index contributed by atoms with van der Waals surface area (Å²) >= 11 is 10.4. The van der Waals surface area contributed by atoms with Crippen LogP contribution >= 0.6 is 23.2 Å². The molecule has 0 atom stereocenters. The lowest BCUT2D eigenvalue weighted by Gasteiger charge is -1.86. The molecule has 0 saturated heterocycles. The molecule has 1 aromatic rings. The number of hydrogen-bond donors (Lipinski definition) is 0. The fraction of sp³-hybridized carbons (Fsp3) is 0.0909. The van der Waals surface area contributed by atoms with E-state index in [4.69, 9.17) is 23.2 Å². The van der Waals surface area contributed by atoms with Crippen LogP contribution in [0.2, 0.25) is 0 Å². The van der Waals surface area contributed by atoms with Gasteiger partial charge in [0.25, 0.3) is 0 Å². The van der Waals surface area contributed by atoms with Crippen molar-refractivity contribution in [1.82, 2.24) is 0 Å². The number of benzene rings is 1. The average molecular weight is 215 g/mol. The summed E-state index contributed by atoms with van der Waals surface area (Å²) in [7, 11) is 0. The highest BCUT2D eigenvalue weighted by Crippen LogP contribution is 2.00. The summed E-state index contributed by atoms with van der Waals surface area (Å²) in [6.07, 6.45) is 3.49. The fourth-order valence-corrected chi connectivity index (χ4v) is 0.782. The summed E-state index contributed by atoms with van der Waals surface area (Å²) in [5, 5.41) is 0. The average Bonchev–Trinajstić information content (AvgIpc) is 2.20. The number of hydrogen-bond acceptors (Lipinski definition) is 0. The Morgan fingerprint density at radius 1 is 1.23 bits per heavy atom. The molecule has 0 aromatic heterocycles. The van der Waals surface area contributed by atoms with Crippen molar-refractivity contribution in [3.8, 4) is 0 Å². The number of allylic oxidation sites excluding steroid dienone is 1.